The molecule has 1 amide bonds. The number of carbonyl (C=O) groups is 1. The zero-order chi connectivity index (χ0) is 24.1. The number of imidazole rings is 1. The van der Waals surface area contributed by atoms with Crippen molar-refractivity contribution in [2.45, 2.75) is 32.1 Å². The summed E-state index contributed by atoms with van der Waals surface area (Å²) in [6.45, 7) is 2.05. The Hall–Kier alpha value is -4.34. The number of aromatic amines is 2. The van der Waals surface area contributed by atoms with Crippen LogP contribution in [-0.2, 0) is 4.79 Å². The Balaban J connectivity index is 1.25. The molecule has 3 N–H and O–H groups in total. The number of anilines is 2. The van der Waals surface area contributed by atoms with Crippen LogP contribution < -0.4 is 10.2 Å². The monoisotopic (exact) mass is 479 g/mol. The lowest BCUT2D eigenvalue weighted by atomic mass is 10.1. The van der Waals surface area contributed by atoms with Gasteiger partial charge in [0.25, 0.3) is 0 Å². The SMILES string of the molecule is O=C(Nc1cncc(-c2cc3c(-c4nc5c(N6CCCCC6)cncc5[nH]4)n[nH]c3cn2)c1)C1CC1. The third-order valence-corrected chi connectivity index (χ3v) is 6.99. The van der Waals surface area contributed by atoms with Crippen LogP contribution in [0.1, 0.15) is 32.1 Å². The summed E-state index contributed by atoms with van der Waals surface area (Å²) in [5.41, 5.74) is 6.64. The molecule has 0 unspecified atom stereocenters. The quantitative estimate of drug-likeness (QED) is 0.343. The van der Waals surface area contributed by atoms with E-state index >= 15 is 0 Å². The van der Waals surface area contributed by atoms with Gasteiger partial charge in [-0.25, -0.2) is 4.98 Å². The molecule has 1 saturated carbocycles. The molecule has 0 radical (unpaired) electrons. The number of piperidine rings is 1. The zero-order valence-electron chi connectivity index (χ0n) is 19.7. The van der Waals surface area contributed by atoms with Crippen molar-refractivity contribution >= 4 is 39.2 Å². The maximum Gasteiger partial charge on any atom is 0.227 e. The minimum absolute atomic E-state index is 0.0535. The summed E-state index contributed by atoms with van der Waals surface area (Å²) in [5, 5.41) is 11.5. The second-order valence-corrected chi connectivity index (χ2v) is 9.60. The maximum absolute atomic E-state index is 12.2. The molecular formula is C26H25N9O. The van der Waals surface area contributed by atoms with Gasteiger partial charge in [-0.1, -0.05) is 0 Å². The third kappa shape index (κ3) is 3.74. The van der Waals surface area contributed by atoms with Gasteiger partial charge in [-0.05, 0) is 44.2 Å². The van der Waals surface area contributed by atoms with E-state index in [-0.39, 0.29) is 11.8 Å². The van der Waals surface area contributed by atoms with Gasteiger partial charge < -0.3 is 15.2 Å². The van der Waals surface area contributed by atoms with Crippen LogP contribution in [0, 0.1) is 5.92 Å². The summed E-state index contributed by atoms with van der Waals surface area (Å²) in [6, 6.07) is 3.88. The number of pyridine rings is 3. The van der Waals surface area contributed by atoms with Gasteiger partial charge >= 0.3 is 0 Å². The van der Waals surface area contributed by atoms with Gasteiger partial charge in [-0.15, -0.1) is 0 Å². The van der Waals surface area contributed by atoms with E-state index in [1.165, 1.54) is 19.3 Å². The highest BCUT2D eigenvalue weighted by atomic mass is 16.2. The van der Waals surface area contributed by atoms with Crippen molar-refractivity contribution in [2.24, 2.45) is 5.92 Å². The van der Waals surface area contributed by atoms with Gasteiger partial charge in [0.15, 0.2) is 5.82 Å². The number of hydrogen-bond donors (Lipinski definition) is 3. The molecule has 2 aliphatic rings. The Labute approximate surface area is 206 Å². The molecule has 1 saturated heterocycles. The normalized spacial score (nSPS) is 16.1. The highest BCUT2D eigenvalue weighted by Gasteiger charge is 2.29. The number of nitrogens with one attached hydrogen (secondary N) is 3. The van der Waals surface area contributed by atoms with Crippen molar-refractivity contribution in [3.05, 3.63) is 43.1 Å². The van der Waals surface area contributed by atoms with E-state index in [1.807, 2.05) is 24.5 Å². The topological polar surface area (TPSA) is 128 Å². The summed E-state index contributed by atoms with van der Waals surface area (Å²) in [6.07, 6.45) is 14.5. The molecule has 0 atom stereocenters. The molecule has 10 heteroatoms. The molecule has 1 aliphatic heterocycles. The fourth-order valence-corrected chi connectivity index (χ4v) is 4.89. The molecule has 6 heterocycles. The minimum Gasteiger partial charge on any atom is -0.368 e. The lowest BCUT2D eigenvalue weighted by molar-refractivity contribution is -0.117. The minimum atomic E-state index is 0.0535. The fourth-order valence-electron chi connectivity index (χ4n) is 4.89. The Kier molecular flexibility index (Phi) is 4.90. The number of H-pyrrole nitrogens is 2. The van der Waals surface area contributed by atoms with Crippen LogP contribution in [0.2, 0.25) is 0 Å². The molecular weight excluding hydrogens is 454 g/mol. The molecule has 10 nitrogen and oxygen atoms in total. The predicted octanol–water partition coefficient (Wildman–Crippen LogP) is 4.30. The Morgan fingerprint density at radius 2 is 1.83 bits per heavy atom. The molecule has 0 spiro atoms. The van der Waals surface area contributed by atoms with Gasteiger partial charge in [-0.3, -0.25) is 24.8 Å². The summed E-state index contributed by atoms with van der Waals surface area (Å²) in [7, 11) is 0. The summed E-state index contributed by atoms with van der Waals surface area (Å²) >= 11 is 0. The van der Waals surface area contributed by atoms with Crippen molar-refractivity contribution in [1.82, 2.24) is 35.1 Å². The molecule has 5 aromatic rings. The third-order valence-electron chi connectivity index (χ3n) is 6.99. The van der Waals surface area contributed by atoms with Crippen molar-refractivity contribution in [3.63, 3.8) is 0 Å². The predicted molar refractivity (Wildman–Crippen MR) is 137 cm³/mol. The first-order valence-electron chi connectivity index (χ1n) is 12.4. The van der Waals surface area contributed by atoms with E-state index in [0.29, 0.717) is 11.5 Å². The second kappa shape index (κ2) is 8.40. The molecule has 180 valence electrons. The van der Waals surface area contributed by atoms with Crippen LogP contribution in [0.25, 0.3) is 44.7 Å². The van der Waals surface area contributed by atoms with Crippen molar-refractivity contribution in [3.8, 4) is 22.8 Å². The smallest absolute Gasteiger partial charge is 0.227 e. The molecule has 5 aromatic heterocycles. The van der Waals surface area contributed by atoms with Crippen molar-refractivity contribution < 1.29 is 4.79 Å². The average molecular weight is 480 g/mol. The number of rotatable bonds is 5. The first kappa shape index (κ1) is 21.0. The first-order chi connectivity index (χ1) is 17.7. The molecule has 0 aromatic carbocycles. The van der Waals surface area contributed by atoms with E-state index in [1.54, 1.807) is 18.6 Å². The number of aromatic nitrogens is 7. The standard InChI is InChI=1S/C26H25N9O/c36-26(15-4-5-15)30-17-8-16(10-27-11-17)19-9-18-20(13-29-19)33-34-23(18)25-31-21-12-28-14-22(24(21)32-25)35-6-2-1-3-7-35/h8-15H,1-7H2,(H,30,36)(H,31,32)(H,33,34). The van der Waals surface area contributed by atoms with Crippen LogP contribution in [0.4, 0.5) is 11.4 Å². The molecule has 36 heavy (non-hydrogen) atoms. The number of fused-ring (bicyclic) bond motifs is 2. The molecule has 2 fully saturated rings. The number of amides is 1. The van der Waals surface area contributed by atoms with Crippen LogP contribution in [0.3, 0.4) is 0 Å². The highest BCUT2D eigenvalue weighted by Crippen LogP contribution is 2.33. The van der Waals surface area contributed by atoms with Gasteiger partial charge in [0, 0.05) is 36.2 Å². The lowest BCUT2D eigenvalue weighted by Gasteiger charge is -2.28. The number of nitrogens with zero attached hydrogens (tertiary/aromatic N) is 6. The lowest BCUT2D eigenvalue weighted by Crippen LogP contribution is -2.29. The average Bonchev–Trinajstić information content (AvgIpc) is 3.55. The Morgan fingerprint density at radius 1 is 0.972 bits per heavy atom. The molecule has 1 aliphatic carbocycles. The van der Waals surface area contributed by atoms with E-state index in [9.17, 15) is 4.79 Å². The molecule has 0 bridgehead atoms. The second-order valence-electron chi connectivity index (χ2n) is 9.60. The first-order valence-corrected chi connectivity index (χ1v) is 12.4. The van der Waals surface area contributed by atoms with E-state index in [0.717, 1.165) is 70.5 Å². The van der Waals surface area contributed by atoms with E-state index in [2.05, 4.69) is 40.3 Å². The Bertz CT molecular complexity index is 1590. The van der Waals surface area contributed by atoms with Gasteiger partial charge in [0.2, 0.25) is 5.91 Å². The van der Waals surface area contributed by atoms with Crippen molar-refractivity contribution in [1.29, 1.82) is 0 Å². The summed E-state index contributed by atoms with van der Waals surface area (Å²) in [5.74, 6) is 0.868. The van der Waals surface area contributed by atoms with Gasteiger partial charge in [0.1, 0.15) is 11.2 Å². The van der Waals surface area contributed by atoms with Crippen LogP contribution in [-0.4, -0.2) is 54.1 Å². The summed E-state index contributed by atoms with van der Waals surface area (Å²) in [4.78, 5) is 36.3. The van der Waals surface area contributed by atoms with Crippen LogP contribution in [0.15, 0.2) is 43.1 Å². The fraction of sp³-hybridized carbons (Fsp3) is 0.308. The maximum atomic E-state index is 12.2. The van der Waals surface area contributed by atoms with Gasteiger partial charge in [0.05, 0.1) is 52.9 Å². The van der Waals surface area contributed by atoms with Crippen LogP contribution >= 0.6 is 0 Å². The zero-order valence-corrected chi connectivity index (χ0v) is 19.7. The summed E-state index contributed by atoms with van der Waals surface area (Å²) < 4.78 is 0. The highest BCUT2D eigenvalue weighted by molar-refractivity contribution is 5.97. The van der Waals surface area contributed by atoms with Crippen LogP contribution in [0.5, 0.6) is 0 Å². The van der Waals surface area contributed by atoms with E-state index in [4.69, 9.17) is 4.98 Å². The number of hydrogen-bond acceptors (Lipinski definition) is 7. The van der Waals surface area contributed by atoms with E-state index < -0.39 is 0 Å². The molecule has 7 rings (SSSR count). The largest absolute Gasteiger partial charge is 0.368 e. The Morgan fingerprint density at radius 3 is 2.69 bits per heavy atom. The van der Waals surface area contributed by atoms with Crippen molar-refractivity contribution in [2.75, 3.05) is 23.3 Å². The van der Waals surface area contributed by atoms with Gasteiger partial charge in [-0.2, -0.15) is 5.10 Å². The number of carbonyl (C=O) groups excluding carboxylic acids is 1.